The number of aromatic nitrogens is 3. The van der Waals surface area contributed by atoms with Crippen LogP contribution in [0, 0.1) is 12.8 Å². The minimum absolute atomic E-state index is 0.0696. The van der Waals surface area contributed by atoms with Gasteiger partial charge in [-0.05, 0) is 58.6 Å². The van der Waals surface area contributed by atoms with Crippen LogP contribution in [0.15, 0.2) is 24.5 Å². The molecule has 2 aliphatic rings. The summed E-state index contributed by atoms with van der Waals surface area (Å²) in [6, 6.07) is 4.92. The Morgan fingerprint density at radius 1 is 1.21 bits per heavy atom. The summed E-state index contributed by atoms with van der Waals surface area (Å²) >= 11 is 0. The third kappa shape index (κ3) is 5.78. The number of aryl methyl sites for hydroxylation is 1. The van der Waals surface area contributed by atoms with E-state index in [4.69, 9.17) is 14.2 Å². The zero-order chi connectivity index (χ0) is 27.9. The number of rotatable bonds is 7. The first-order valence-electron chi connectivity index (χ1n) is 13.2. The van der Waals surface area contributed by atoms with Crippen LogP contribution in [0.2, 0.25) is 0 Å². The molecule has 5 rings (SSSR count). The molecular formula is C28H35N5O6. The maximum atomic E-state index is 13.5. The molecule has 3 aromatic rings. The Labute approximate surface area is 226 Å². The number of carbonyl (C=O) groups excluding carboxylic acids is 2. The molecule has 1 aliphatic heterocycles. The summed E-state index contributed by atoms with van der Waals surface area (Å²) in [6.45, 7) is 7.95. The molecule has 3 heterocycles. The summed E-state index contributed by atoms with van der Waals surface area (Å²) in [5, 5.41) is 13.5. The number of carbonyl (C=O) groups is 2. The van der Waals surface area contributed by atoms with Gasteiger partial charge in [0.2, 0.25) is 0 Å². The maximum absolute atomic E-state index is 13.5. The average Bonchev–Trinajstić information content (AvgIpc) is 3.54. The van der Waals surface area contributed by atoms with Crippen LogP contribution >= 0.6 is 0 Å². The van der Waals surface area contributed by atoms with Crippen molar-refractivity contribution in [3.8, 4) is 22.8 Å². The molecule has 11 heteroatoms. The van der Waals surface area contributed by atoms with Gasteiger partial charge in [0, 0.05) is 23.9 Å². The van der Waals surface area contributed by atoms with Gasteiger partial charge in [-0.2, -0.15) is 0 Å². The first-order chi connectivity index (χ1) is 18.5. The van der Waals surface area contributed by atoms with E-state index in [2.05, 4.69) is 20.3 Å². The van der Waals surface area contributed by atoms with Gasteiger partial charge in [0.15, 0.2) is 0 Å². The Bertz CT molecular complexity index is 1390. The molecule has 1 aliphatic carbocycles. The van der Waals surface area contributed by atoms with Gasteiger partial charge in [0.25, 0.3) is 5.91 Å². The Morgan fingerprint density at radius 3 is 2.67 bits per heavy atom. The molecule has 0 spiro atoms. The Balaban J connectivity index is 1.40. The van der Waals surface area contributed by atoms with Crippen molar-refractivity contribution in [3.63, 3.8) is 0 Å². The van der Waals surface area contributed by atoms with E-state index in [1.807, 2.05) is 18.2 Å². The lowest BCUT2D eigenvalue weighted by Gasteiger charge is -2.24. The van der Waals surface area contributed by atoms with Crippen LogP contribution in [-0.4, -0.2) is 81.5 Å². The number of hydrogen-bond donors (Lipinski definition) is 3. The SMILES string of the molecule is COc1ccc(-c2ncnc3c(C(=O)N[C@@H]4CN(C(=O)OC(C)(C)C)C[C@H]4O)c(C)[nH]c23)c(OCC2CC2)c1. The van der Waals surface area contributed by atoms with Crippen LogP contribution in [-0.2, 0) is 4.74 Å². The third-order valence-electron chi connectivity index (χ3n) is 6.87. The number of nitrogens with zero attached hydrogens (tertiary/aromatic N) is 3. The second-order valence-corrected chi connectivity index (χ2v) is 11.2. The van der Waals surface area contributed by atoms with Crippen LogP contribution in [0.25, 0.3) is 22.3 Å². The number of amides is 2. The molecule has 2 fully saturated rings. The topological polar surface area (TPSA) is 139 Å². The minimum atomic E-state index is -0.928. The molecule has 0 bridgehead atoms. The standard InChI is InChI=1S/C28H35N5O6/c1-15-22(26(35)32-19-11-33(12-20(19)34)27(36)39-28(2,3)4)24-25(31-15)23(29-14-30-24)18-9-8-17(37-5)10-21(18)38-13-16-6-7-16/h8-10,14,16,19-20,31,34H,6-7,11-13H2,1-5H3,(H,32,35)/t19-,20-/m1/s1. The zero-order valence-corrected chi connectivity index (χ0v) is 22.9. The van der Waals surface area contributed by atoms with Gasteiger partial charge in [-0.1, -0.05) is 0 Å². The van der Waals surface area contributed by atoms with Crippen molar-refractivity contribution in [2.75, 3.05) is 26.8 Å². The number of aliphatic hydroxyl groups excluding tert-OH is 1. The fourth-order valence-electron chi connectivity index (χ4n) is 4.68. The van der Waals surface area contributed by atoms with Crippen molar-refractivity contribution in [3.05, 3.63) is 35.8 Å². The highest BCUT2D eigenvalue weighted by Gasteiger charge is 2.37. The fraction of sp³-hybridized carbons (Fsp3) is 0.500. The highest BCUT2D eigenvalue weighted by atomic mass is 16.6. The van der Waals surface area contributed by atoms with E-state index in [9.17, 15) is 14.7 Å². The van der Waals surface area contributed by atoms with Crippen molar-refractivity contribution >= 4 is 23.0 Å². The van der Waals surface area contributed by atoms with Crippen molar-refractivity contribution in [1.82, 2.24) is 25.2 Å². The number of ether oxygens (including phenoxy) is 3. The molecule has 1 saturated carbocycles. The summed E-state index contributed by atoms with van der Waals surface area (Å²) in [5.41, 5.74) is 2.72. The van der Waals surface area contributed by atoms with Gasteiger partial charge in [-0.15, -0.1) is 0 Å². The Kier molecular flexibility index (Phi) is 7.11. The number of fused-ring (bicyclic) bond motifs is 1. The van der Waals surface area contributed by atoms with Crippen LogP contribution in [0.1, 0.15) is 49.7 Å². The van der Waals surface area contributed by atoms with Crippen LogP contribution in [0.3, 0.4) is 0 Å². The van der Waals surface area contributed by atoms with Crippen molar-refractivity contribution in [1.29, 1.82) is 0 Å². The molecule has 0 unspecified atom stereocenters. The average molecular weight is 538 g/mol. The highest BCUT2D eigenvalue weighted by molar-refractivity contribution is 6.09. The maximum Gasteiger partial charge on any atom is 0.410 e. The lowest BCUT2D eigenvalue weighted by Crippen LogP contribution is -2.43. The highest BCUT2D eigenvalue weighted by Crippen LogP contribution is 2.38. The smallest absolute Gasteiger partial charge is 0.410 e. The first-order valence-corrected chi connectivity index (χ1v) is 13.2. The molecule has 208 valence electrons. The second-order valence-electron chi connectivity index (χ2n) is 11.2. The van der Waals surface area contributed by atoms with Crippen LogP contribution < -0.4 is 14.8 Å². The summed E-state index contributed by atoms with van der Waals surface area (Å²) in [7, 11) is 1.61. The lowest BCUT2D eigenvalue weighted by atomic mass is 10.1. The van der Waals surface area contributed by atoms with E-state index in [1.54, 1.807) is 34.8 Å². The number of aliphatic hydroxyl groups is 1. The predicted octanol–water partition coefficient (Wildman–Crippen LogP) is 3.44. The van der Waals surface area contributed by atoms with E-state index < -0.39 is 29.7 Å². The molecule has 39 heavy (non-hydrogen) atoms. The number of hydrogen-bond acceptors (Lipinski definition) is 8. The van der Waals surface area contributed by atoms with Crippen molar-refractivity contribution in [2.24, 2.45) is 5.92 Å². The van der Waals surface area contributed by atoms with E-state index in [0.717, 1.165) is 18.4 Å². The normalized spacial score (nSPS) is 19.3. The number of nitrogens with one attached hydrogen (secondary N) is 2. The minimum Gasteiger partial charge on any atom is -0.497 e. The molecule has 11 nitrogen and oxygen atoms in total. The third-order valence-corrected chi connectivity index (χ3v) is 6.87. The van der Waals surface area contributed by atoms with E-state index in [1.165, 1.54) is 11.2 Å². The monoisotopic (exact) mass is 537 g/mol. The largest absolute Gasteiger partial charge is 0.497 e. The molecule has 3 N–H and O–H groups in total. The molecule has 1 saturated heterocycles. The van der Waals surface area contributed by atoms with Crippen LogP contribution in [0.4, 0.5) is 4.79 Å². The van der Waals surface area contributed by atoms with Gasteiger partial charge in [0.05, 0.1) is 43.5 Å². The zero-order valence-electron chi connectivity index (χ0n) is 22.9. The number of methoxy groups -OCH3 is 1. The lowest BCUT2D eigenvalue weighted by molar-refractivity contribution is 0.0269. The molecule has 1 aromatic carbocycles. The predicted molar refractivity (Wildman–Crippen MR) is 144 cm³/mol. The number of likely N-dealkylation sites (tertiary alicyclic amines) is 1. The van der Waals surface area contributed by atoms with Crippen LogP contribution in [0.5, 0.6) is 11.5 Å². The number of benzene rings is 1. The summed E-state index contributed by atoms with van der Waals surface area (Å²) in [4.78, 5) is 39.5. The quantitative estimate of drug-likeness (QED) is 0.417. The van der Waals surface area contributed by atoms with Crippen molar-refractivity contribution < 1.29 is 28.9 Å². The fourth-order valence-corrected chi connectivity index (χ4v) is 4.68. The second kappa shape index (κ2) is 10.4. The molecule has 2 amide bonds. The Morgan fingerprint density at radius 2 is 1.97 bits per heavy atom. The van der Waals surface area contributed by atoms with E-state index in [0.29, 0.717) is 52.0 Å². The molecule has 0 radical (unpaired) electrons. The van der Waals surface area contributed by atoms with E-state index in [-0.39, 0.29) is 13.1 Å². The number of aromatic amines is 1. The molecular weight excluding hydrogens is 502 g/mol. The number of β-amino-alcohol motifs (C(OH)–C–C–N with tert-alkyl or cyclic N) is 1. The van der Waals surface area contributed by atoms with Gasteiger partial charge in [0.1, 0.15) is 34.6 Å². The summed E-state index contributed by atoms with van der Waals surface area (Å²) in [6.07, 6.45) is 2.29. The van der Waals surface area contributed by atoms with Gasteiger partial charge >= 0.3 is 6.09 Å². The summed E-state index contributed by atoms with van der Waals surface area (Å²) in [5.74, 6) is 1.48. The molecule has 2 aromatic heterocycles. The summed E-state index contributed by atoms with van der Waals surface area (Å²) < 4.78 is 17.0. The Hall–Kier alpha value is -3.86. The molecule has 2 atom stereocenters. The van der Waals surface area contributed by atoms with Gasteiger partial charge in [-0.25, -0.2) is 14.8 Å². The van der Waals surface area contributed by atoms with Gasteiger partial charge < -0.3 is 34.5 Å². The number of H-pyrrole nitrogens is 1. The van der Waals surface area contributed by atoms with E-state index >= 15 is 0 Å². The first kappa shape index (κ1) is 26.7. The van der Waals surface area contributed by atoms with Gasteiger partial charge in [-0.3, -0.25) is 4.79 Å². The van der Waals surface area contributed by atoms with Crippen molar-refractivity contribution in [2.45, 2.75) is 58.3 Å².